The van der Waals surface area contributed by atoms with Crippen molar-refractivity contribution in [3.8, 4) is 0 Å². The second kappa shape index (κ2) is 5.92. The second-order valence-corrected chi connectivity index (χ2v) is 7.37. The fraction of sp³-hybridized carbons (Fsp3) is 0.571. The molecule has 1 aliphatic rings. The van der Waals surface area contributed by atoms with Gasteiger partial charge in [0, 0.05) is 24.8 Å². The van der Waals surface area contributed by atoms with Crippen molar-refractivity contribution in [2.75, 3.05) is 36.5 Å². The van der Waals surface area contributed by atoms with E-state index in [-0.39, 0.29) is 11.8 Å². The third kappa shape index (κ3) is 3.48. The summed E-state index contributed by atoms with van der Waals surface area (Å²) in [6.07, 6.45) is 0.713. The molecule has 0 spiro atoms. The smallest absolute Gasteiger partial charge is 0.152 e. The lowest BCUT2D eigenvalue weighted by atomic mass is 10.1. The van der Waals surface area contributed by atoms with E-state index in [0.29, 0.717) is 18.7 Å². The third-order valence-corrected chi connectivity index (χ3v) is 5.45. The monoisotopic (exact) mass is 282 g/mol. The Morgan fingerprint density at radius 2 is 1.95 bits per heavy atom. The number of rotatable bonds is 3. The second-order valence-electron chi connectivity index (χ2n) is 5.06. The quantitative estimate of drug-likeness (QED) is 0.915. The predicted octanol–water partition coefficient (Wildman–Crippen LogP) is 1.59. The molecule has 1 heterocycles. The van der Waals surface area contributed by atoms with E-state index in [9.17, 15) is 8.42 Å². The Bertz CT molecular complexity index is 528. The van der Waals surface area contributed by atoms with Crippen molar-refractivity contribution in [3.63, 3.8) is 0 Å². The Morgan fingerprint density at radius 1 is 1.21 bits per heavy atom. The van der Waals surface area contributed by atoms with Crippen molar-refractivity contribution in [1.82, 2.24) is 5.32 Å². The number of benzene rings is 1. The molecule has 0 radical (unpaired) electrons. The normalized spacial score (nSPS) is 20.8. The molecule has 1 aliphatic heterocycles. The Kier molecular flexibility index (Phi) is 4.47. The molecule has 1 aromatic carbocycles. The summed E-state index contributed by atoms with van der Waals surface area (Å²) < 4.78 is 23.4. The molecule has 1 aromatic rings. The van der Waals surface area contributed by atoms with Gasteiger partial charge >= 0.3 is 0 Å². The topological polar surface area (TPSA) is 49.4 Å². The van der Waals surface area contributed by atoms with Gasteiger partial charge in [0.15, 0.2) is 9.84 Å². The van der Waals surface area contributed by atoms with E-state index in [1.165, 1.54) is 5.56 Å². The van der Waals surface area contributed by atoms with Crippen LogP contribution in [0.2, 0.25) is 0 Å². The zero-order chi connectivity index (χ0) is 13.9. The summed E-state index contributed by atoms with van der Waals surface area (Å²) in [5.74, 6) is 0.572. The standard InChI is InChI=1S/C14H22N2O2S/c1-12(15-2)13-6-3-4-7-14(13)16-8-5-10-19(17,18)11-9-16/h3-4,6-7,12,15H,5,8-11H2,1-2H3. The molecule has 1 fully saturated rings. The predicted molar refractivity (Wildman–Crippen MR) is 79.4 cm³/mol. The first kappa shape index (κ1) is 14.3. The fourth-order valence-electron chi connectivity index (χ4n) is 2.48. The molecule has 0 aromatic heterocycles. The van der Waals surface area contributed by atoms with Crippen LogP contribution in [0.3, 0.4) is 0 Å². The van der Waals surface area contributed by atoms with Crippen molar-refractivity contribution in [3.05, 3.63) is 29.8 Å². The first-order valence-corrected chi connectivity index (χ1v) is 8.57. The zero-order valence-electron chi connectivity index (χ0n) is 11.6. The van der Waals surface area contributed by atoms with Gasteiger partial charge in [-0.25, -0.2) is 8.42 Å². The average molecular weight is 282 g/mol. The molecule has 1 unspecified atom stereocenters. The molecular formula is C14H22N2O2S. The minimum atomic E-state index is -2.86. The number of sulfone groups is 1. The summed E-state index contributed by atoms with van der Waals surface area (Å²) in [5, 5.41) is 3.25. The SMILES string of the molecule is CNC(C)c1ccccc1N1CCCS(=O)(=O)CC1. The van der Waals surface area contributed by atoms with E-state index in [1.807, 2.05) is 19.2 Å². The Labute approximate surface area is 115 Å². The van der Waals surface area contributed by atoms with Crippen LogP contribution < -0.4 is 10.2 Å². The highest BCUT2D eigenvalue weighted by molar-refractivity contribution is 7.91. The van der Waals surface area contributed by atoms with E-state index in [2.05, 4.69) is 29.3 Å². The molecule has 19 heavy (non-hydrogen) atoms. The number of hydrogen-bond acceptors (Lipinski definition) is 4. The maximum atomic E-state index is 11.7. The summed E-state index contributed by atoms with van der Waals surface area (Å²) in [7, 11) is -0.917. The Hall–Kier alpha value is -1.07. The number of nitrogens with zero attached hydrogens (tertiary/aromatic N) is 1. The molecule has 2 rings (SSSR count). The summed E-state index contributed by atoms with van der Waals surface area (Å²) in [6, 6.07) is 8.50. The lowest BCUT2D eigenvalue weighted by Crippen LogP contribution is -2.29. The van der Waals surface area contributed by atoms with E-state index < -0.39 is 9.84 Å². The van der Waals surface area contributed by atoms with Gasteiger partial charge in [-0.05, 0) is 32.0 Å². The molecule has 0 saturated carbocycles. The van der Waals surface area contributed by atoms with Crippen molar-refractivity contribution in [2.45, 2.75) is 19.4 Å². The molecule has 0 aliphatic carbocycles. The van der Waals surface area contributed by atoms with Gasteiger partial charge in [0.1, 0.15) is 0 Å². The van der Waals surface area contributed by atoms with Gasteiger partial charge in [-0.2, -0.15) is 0 Å². The van der Waals surface area contributed by atoms with E-state index in [0.717, 1.165) is 12.2 Å². The van der Waals surface area contributed by atoms with Gasteiger partial charge in [0.2, 0.25) is 0 Å². The highest BCUT2D eigenvalue weighted by Crippen LogP contribution is 2.27. The Morgan fingerprint density at radius 3 is 2.68 bits per heavy atom. The van der Waals surface area contributed by atoms with Crippen LogP contribution in [-0.4, -0.2) is 40.1 Å². The maximum absolute atomic E-state index is 11.7. The van der Waals surface area contributed by atoms with Crippen molar-refractivity contribution in [2.24, 2.45) is 0 Å². The molecule has 1 saturated heterocycles. The molecule has 5 heteroatoms. The van der Waals surface area contributed by atoms with Gasteiger partial charge in [-0.3, -0.25) is 0 Å². The van der Waals surface area contributed by atoms with Gasteiger partial charge in [-0.15, -0.1) is 0 Å². The van der Waals surface area contributed by atoms with Crippen LogP contribution in [-0.2, 0) is 9.84 Å². The van der Waals surface area contributed by atoms with Gasteiger partial charge in [0.05, 0.1) is 11.5 Å². The minimum absolute atomic E-state index is 0.259. The lowest BCUT2D eigenvalue weighted by Gasteiger charge is -2.27. The maximum Gasteiger partial charge on any atom is 0.152 e. The van der Waals surface area contributed by atoms with Crippen LogP contribution in [0.5, 0.6) is 0 Å². The number of hydrogen-bond donors (Lipinski definition) is 1. The molecular weight excluding hydrogens is 260 g/mol. The first-order chi connectivity index (χ1) is 9.03. The van der Waals surface area contributed by atoms with Crippen molar-refractivity contribution >= 4 is 15.5 Å². The van der Waals surface area contributed by atoms with Gasteiger partial charge in [0.25, 0.3) is 0 Å². The highest BCUT2D eigenvalue weighted by Gasteiger charge is 2.21. The number of anilines is 1. The van der Waals surface area contributed by atoms with Gasteiger partial charge in [-0.1, -0.05) is 18.2 Å². The molecule has 1 atom stereocenters. The number of para-hydroxylation sites is 1. The van der Waals surface area contributed by atoms with Gasteiger partial charge < -0.3 is 10.2 Å². The zero-order valence-corrected chi connectivity index (χ0v) is 12.4. The van der Waals surface area contributed by atoms with E-state index in [1.54, 1.807) is 0 Å². The molecule has 1 N–H and O–H groups in total. The lowest BCUT2D eigenvalue weighted by molar-refractivity contribution is 0.597. The average Bonchev–Trinajstić information content (AvgIpc) is 2.59. The van der Waals surface area contributed by atoms with E-state index in [4.69, 9.17) is 0 Å². The van der Waals surface area contributed by atoms with Crippen LogP contribution in [0.4, 0.5) is 5.69 Å². The molecule has 0 amide bonds. The first-order valence-electron chi connectivity index (χ1n) is 6.75. The van der Waals surface area contributed by atoms with Crippen LogP contribution in [0.1, 0.15) is 24.9 Å². The number of nitrogens with one attached hydrogen (secondary N) is 1. The highest BCUT2D eigenvalue weighted by atomic mass is 32.2. The fourth-order valence-corrected chi connectivity index (χ4v) is 3.75. The van der Waals surface area contributed by atoms with Crippen LogP contribution >= 0.6 is 0 Å². The minimum Gasteiger partial charge on any atom is -0.370 e. The van der Waals surface area contributed by atoms with E-state index >= 15 is 0 Å². The van der Waals surface area contributed by atoms with Crippen molar-refractivity contribution in [1.29, 1.82) is 0 Å². The van der Waals surface area contributed by atoms with Crippen molar-refractivity contribution < 1.29 is 8.42 Å². The summed E-state index contributed by atoms with van der Waals surface area (Å²) in [5.41, 5.74) is 2.38. The van der Waals surface area contributed by atoms with Crippen LogP contribution in [0.25, 0.3) is 0 Å². The Balaban J connectivity index is 2.26. The summed E-state index contributed by atoms with van der Waals surface area (Å²) in [4.78, 5) is 2.20. The summed E-state index contributed by atoms with van der Waals surface area (Å²) in [6.45, 7) is 3.52. The molecule has 4 nitrogen and oxygen atoms in total. The molecule has 106 valence electrons. The third-order valence-electron chi connectivity index (χ3n) is 3.73. The summed E-state index contributed by atoms with van der Waals surface area (Å²) >= 11 is 0. The van der Waals surface area contributed by atoms with Crippen LogP contribution in [0.15, 0.2) is 24.3 Å². The molecule has 0 bridgehead atoms. The van der Waals surface area contributed by atoms with Crippen LogP contribution in [0, 0.1) is 0 Å². The largest absolute Gasteiger partial charge is 0.370 e.